The van der Waals surface area contributed by atoms with E-state index in [1.165, 1.54) is 25.7 Å². The highest BCUT2D eigenvalue weighted by Gasteiger charge is 2.36. The second-order valence-electron chi connectivity index (χ2n) is 8.52. The normalized spacial score (nSPS) is 21.2. The number of imidazole rings is 1. The molecule has 1 aromatic carbocycles. The molecule has 0 saturated carbocycles. The minimum absolute atomic E-state index is 0.127. The molecular formula is C24H27N7. The zero-order valence-electron chi connectivity index (χ0n) is 17.6. The van der Waals surface area contributed by atoms with Crippen molar-refractivity contribution in [3.63, 3.8) is 0 Å². The van der Waals surface area contributed by atoms with E-state index in [-0.39, 0.29) is 6.17 Å². The molecule has 7 heteroatoms. The summed E-state index contributed by atoms with van der Waals surface area (Å²) in [4.78, 5) is 19.1. The summed E-state index contributed by atoms with van der Waals surface area (Å²) in [6.45, 7) is 2.53. The molecule has 1 N–H and O–H groups in total. The Morgan fingerprint density at radius 2 is 2.00 bits per heavy atom. The van der Waals surface area contributed by atoms with Crippen LogP contribution in [0.25, 0.3) is 11.0 Å². The van der Waals surface area contributed by atoms with Crippen LogP contribution in [0.1, 0.15) is 44.0 Å². The Morgan fingerprint density at radius 3 is 2.87 bits per heavy atom. The van der Waals surface area contributed by atoms with E-state index in [4.69, 9.17) is 9.98 Å². The Balaban J connectivity index is 1.33. The molecule has 0 radical (unpaired) electrons. The number of aliphatic imine (C=N–C) groups is 1. The van der Waals surface area contributed by atoms with Crippen molar-refractivity contribution in [2.45, 2.75) is 38.3 Å². The van der Waals surface area contributed by atoms with Gasteiger partial charge in [-0.15, -0.1) is 0 Å². The van der Waals surface area contributed by atoms with E-state index >= 15 is 0 Å². The van der Waals surface area contributed by atoms with Crippen molar-refractivity contribution >= 4 is 22.9 Å². The molecule has 0 bridgehead atoms. The molecule has 0 amide bonds. The zero-order valence-corrected chi connectivity index (χ0v) is 17.6. The Hall–Kier alpha value is -3.19. The number of guanidine groups is 1. The molecule has 158 valence electrons. The number of allylic oxidation sites excluding steroid dienone is 1. The number of fused-ring (bicyclic) bond motifs is 5. The average Bonchev–Trinajstić information content (AvgIpc) is 3.23. The molecule has 0 fully saturated rings. The van der Waals surface area contributed by atoms with E-state index in [0.29, 0.717) is 6.67 Å². The van der Waals surface area contributed by atoms with Crippen LogP contribution in [0.4, 0.5) is 5.95 Å². The van der Waals surface area contributed by atoms with Gasteiger partial charge in [-0.2, -0.15) is 0 Å². The number of aromatic nitrogens is 3. The topological polar surface area (TPSA) is 61.6 Å². The van der Waals surface area contributed by atoms with Crippen LogP contribution in [0.15, 0.2) is 65.3 Å². The van der Waals surface area contributed by atoms with E-state index in [0.717, 1.165) is 48.3 Å². The summed E-state index contributed by atoms with van der Waals surface area (Å²) in [5.74, 6) is 1.81. The highest BCUT2D eigenvalue weighted by atomic mass is 15.5. The fourth-order valence-corrected chi connectivity index (χ4v) is 4.83. The van der Waals surface area contributed by atoms with Crippen LogP contribution in [0, 0.1) is 0 Å². The number of pyridine rings is 1. The van der Waals surface area contributed by atoms with Gasteiger partial charge < -0.3 is 5.32 Å². The third kappa shape index (κ3) is 3.39. The minimum Gasteiger partial charge on any atom is -0.330 e. The Morgan fingerprint density at radius 1 is 1.06 bits per heavy atom. The lowest BCUT2D eigenvalue weighted by Crippen LogP contribution is -2.57. The summed E-state index contributed by atoms with van der Waals surface area (Å²) >= 11 is 0. The fraction of sp³-hybridized carbons (Fsp3) is 0.375. The predicted octanol–water partition coefficient (Wildman–Crippen LogP) is 3.86. The third-order valence-corrected chi connectivity index (χ3v) is 6.46. The van der Waals surface area contributed by atoms with Gasteiger partial charge in [-0.3, -0.25) is 19.4 Å². The third-order valence-electron chi connectivity index (χ3n) is 6.46. The van der Waals surface area contributed by atoms with Gasteiger partial charge in [0.25, 0.3) is 0 Å². The lowest BCUT2D eigenvalue weighted by Gasteiger charge is -2.41. The Kier molecular flexibility index (Phi) is 4.68. The monoisotopic (exact) mass is 413 g/mol. The molecule has 1 atom stereocenters. The predicted molar refractivity (Wildman–Crippen MR) is 123 cm³/mol. The van der Waals surface area contributed by atoms with Crippen LogP contribution in [-0.4, -0.2) is 45.3 Å². The largest absolute Gasteiger partial charge is 0.330 e. The van der Waals surface area contributed by atoms with Crippen LogP contribution in [0.2, 0.25) is 0 Å². The van der Waals surface area contributed by atoms with E-state index in [1.54, 1.807) is 5.57 Å². The second kappa shape index (κ2) is 7.81. The van der Waals surface area contributed by atoms with Gasteiger partial charge in [0.05, 0.1) is 30.1 Å². The quantitative estimate of drug-likeness (QED) is 0.658. The number of hydrogen-bond acceptors (Lipinski definition) is 6. The van der Waals surface area contributed by atoms with Crippen molar-refractivity contribution < 1.29 is 0 Å². The Labute approximate surface area is 182 Å². The van der Waals surface area contributed by atoms with Gasteiger partial charge >= 0.3 is 0 Å². The number of nitrogens with one attached hydrogen (secondary N) is 1. The molecule has 2 aliphatic heterocycles. The van der Waals surface area contributed by atoms with Gasteiger partial charge in [-0.05, 0) is 56.4 Å². The van der Waals surface area contributed by atoms with Crippen LogP contribution >= 0.6 is 0 Å². The van der Waals surface area contributed by atoms with Crippen molar-refractivity contribution in [3.05, 3.63) is 66.0 Å². The maximum Gasteiger partial charge on any atom is 0.216 e. The molecule has 3 aromatic rings. The number of anilines is 1. The molecule has 31 heavy (non-hydrogen) atoms. The molecule has 7 nitrogen and oxygen atoms in total. The summed E-state index contributed by atoms with van der Waals surface area (Å²) in [5.41, 5.74) is 4.66. The van der Waals surface area contributed by atoms with Crippen molar-refractivity contribution in [1.82, 2.24) is 24.8 Å². The first kappa shape index (κ1) is 18.6. The van der Waals surface area contributed by atoms with Crippen molar-refractivity contribution in [2.75, 3.05) is 24.8 Å². The van der Waals surface area contributed by atoms with Crippen LogP contribution in [-0.2, 0) is 0 Å². The highest BCUT2D eigenvalue weighted by molar-refractivity contribution is 5.98. The average molecular weight is 414 g/mol. The van der Waals surface area contributed by atoms with Crippen molar-refractivity contribution in [2.24, 2.45) is 4.99 Å². The van der Waals surface area contributed by atoms with Gasteiger partial charge in [-0.25, -0.2) is 9.98 Å². The summed E-state index contributed by atoms with van der Waals surface area (Å²) in [7, 11) is 0. The summed E-state index contributed by atoms with van der Waals surface area (Å²) < 4.78 is 2.25. The second-order valence-corrected chi connectivity index (χ2v) is 8.52. The van der Waals surface area contributed by atoms with Gasteiger partial charge in [-0.1, -0.05) is 29.8 Å². The van der Waals surface area contributed by atoms with Crippen molar-refractivity contribution in [3.8, 4) is 0 Å². The molecule has 2 aromatic heterocycles. The SMILES string of the molecule is C1=C(CCN2CN=C3N[C@@H](c4ccccn4)n4c(nc5ccccc54)N3C2)CCCC1. The number of benzene rings is 1. The van der Waals surface area contributed by atoms with Crippen LogP contribution in [0.3, 0.4) is 0 Å². The Bertz CT molecular complexity index is 1150. The molecule has 1 aliphatic carbocycles. The van der Waals surface area contributed by atoms with Gasteiger partial charge in [0.15, 0.2) is 6.17 Å². The lowest BCUT2D eigenvalue weighted by atomic mass is 9.97. The van der Waals surface area contributed by atoms with E-state index in [9.17, 15) is 0 Å². The summed E-state index contributed by atoms with van der Waals surface area (Å²) in [5, 5.41) is 3.63. The molecule has 4 heterocycles. The van der Waals surface area contributed by atoms with Crippen LogP contribution < -0.4 is 10.2 Å². The number of para-hydroxylation sites is 2. The maximum absolute atomic E-state index is 5.00. The van der Waals surface area contributed by atoms with E-state index < -0.39 is 0 Å². The van der Waals surface area contributed by atoms with Gasteiger partial charge in [0.1, 0.15) is 0 Å². The molecule has 6 rings (SSSR count). The summed E-state index contributed by atoms with van der Waals surface area (Å²) in [6.07, 6.45) is 10.5. The minimum atomic E-state index is -0.127. The molecule has 0 unspecified atom stereocenters. The molecule has 0 saturated heterocycles. The number of nitrogens with zero attached hydrogens (tertiary/aromatic N) is 6. The maximum atomic E-state index is 5.00. The molecule has 3 aliphatic rings. The van der Waals surface area contributed by atoms with E-state index in [2.05, 4.69) is 55.0 Å². The smallest absolute Gasteiger partial charge is 0.216 e. The molecular weight excluding hydrogens is 386 g/mol. The van der Waals surface area contributed by atoms with Gasteiger partial charge in [0, 0.05) is 12.7 Å². The van der Waals surface area contributed by atoms with Crippen LogP contribution in [0.5, 0.6) is 0 Å². The number of hydrogen-bond donors (Lipinski definition) is 1. The zero-order chi connectivity index (χ0) is 20.6. The van der Waals surface area contributed by atoms with E-state index in [1.807, 2.05) is 24.4 Å². The fourth-order valence-electron chi connectivity index (χ4n) is 4.83. The first-order valence-corrected chi connectivity index (χ1v) is 11.2. The lowest BCUT2D eigenvalue weighted by molar-refractivity contribution is 0.273. The summed E-state index contributed by atoms with van der Waals surface area (Å²) in [6, 6.07) is 14.3. The molecule has 0 spiro atoms. The number of rotatable bonds is 4. The standard InChI is InChI=1S/C24H27N7/c1-2-8-18(9-3-1)13-15-29-16-26-23-28-22(20-11-6-7-14-25-20)31-21-12-5-4-10-19(21)27-24(31)30(23)17-29/h4-8,10-12,14,22H,1-3,9,13,15-17H2,(H,26,28)/t22-/m1/s1. The highest BCUT2D eigenvalue weighted by Crippen LogP contribution is 2.33. The van der Waals surface area contributed by atoms with Crippen molar-refractivity contribution in [1.29, 1.82) is 0 Å². The first-order valence-electron chi connectivity index (χ1n) is 11.2. The first-order chi connectivity index (χ1) is 15.4. The van der Waals surface area contributed by atoms with Gasteiger partial charge in [0.2, 0.25) is 11.9 Å².